The summed E-state index contributed by atoms with van der Waals surface area (Å²) in [4.78, 5) is 38.5. The van der Waals surface area contributed by atoms with E-state index < -0.39 is 24.5 Å². The molecule has 1 aromatic carbocycles. The van der Waals surface area contributed by atoms with E-state index in [4.69, 9.17) is 4.74 Å². The summed E-state index contributed by atoms with van der Waals surface area (Å²) in [6.07, 6.45) is 0.588. The number of aryl methyl sites for hydroxylation is 1. The summed E-state index contributed by atoms with van der Waals surface area (Å²) >= 11 is 1.53. The minimum atomic E-state index is -0.663. The molecule has 3 amide bonds. The zero-order valence-electron chi connectivity index (χ0n) is 12.6. The maximum atomic E-state index is 11.6. The summed E-state index contributed by atoms with van der Waals surface area (Å²) in [5.41, 5.74) is 0.905. The van der Waals surface area contributed by atoms with Gasteiger partial charge in [-0.1, -0.05) is 12.1 Å². The average molecular weight is 335 g/mol. The number of hydrogen-bond acceptors (Lipinski definition) is 6. The Balaban J connectivity index is 1.72. The third-order valence-electron chi connectivity index (χ3n) is 2.84. The van der Waals surface area contributed by atoms with E-state index in [2.05, 4.69) is 15.6 Å². The van der Waals surface area contributed by atoms with Gasteiger partial charge in [-0.3, -0.25) is 14.9 Å². The van der Waals surface area contributed by atoms with Crippen LogP contribution < -0.4 is 10.6 Å². The molecule has 0 saturated heterocycles. The standard InChI is InChI=1S/C15H17N3O4S/c1-2-16-15(21)18-12(19)9-22-14(20)8-7-13-17-10-5-3-4-6-11(10)23-13/h3-6H,2,7-9H2,1H3,(H2,16,18,19,21). The molecule has 2 N–H and O–H groups in total. The van der Waals surface area contributed by atoms with Gasteiger partial charge in [-0.15, -0.1) is 11.3 Å². The van der Waals surface area contributed by atoms with Crippen LogP contribution in [0.5, 0.6) is 0 Å². The van der Waals surface area contributed by atoms with E-state index in [0.29, 0.717) is 13.0 Å². The Bertz CT molecular complexity index is 681. The number of fused-ring (bicyclic) bond motifs is 1. The molecule has 0 aliphatic carbocycles. The Morgan fingerprint density at radius 2 is 2.04 bits per heavy atom. The van der Waals surface area contributed by atoms with Gasteiger partial charge in [0.2, 0.25) is 0 Å². The van der Waals surface area contributed by atoms with E-state index in [1.165, 1.54) is 11.3 Å². The van der Waals surface area contributed by atoms with Crippen molar-refractivity contribution < 1.29 is 19.1 Å². The number of benzene rings is 1. The van der Waals surface area contributed by atoms with Crippen molar-refractivity contribution in [3.8, 4) is 0 Å². The number of hydrogen-bond donors (Lipinski definition) is 2. The summed E-state index contributed by atoms with van der Waals surface area (Å²) in [6.45, 7) is 1.66. The SMILES string of the molecule is CCNC(=O)NC(=O)COC(=O)CCc1nc2ccccc2s1. The van der Waals surface area contributed by atoms with Gasteiger partial charge in [-0.25, -0.2) is 9.78 Å². The highest BCUT2D eigenvalue weighted by Gasteiger charge is 2.11. The van der Waals surface area contributed by atoms with Crippen molar-refractivity contribution in [3.63, 3.8) is 0 Å². The molecular formula is C15H17N3O4S. The van der Waals surface area contributed by atoms with Crippen LogP contribution in [0.1, 0.15) is 18.4 Å². The Kier molecular flexibility index (Phi) is 6.04. The molecule has 1 heterocycles. The molecule has 2 rings (SSSR count). The summed E-state index contributed by atoms with van der Waals surface area (Å²) < 4.78 is 5.89. The molecule has 7 nitrogen and oxygen atoms in total. The van der Waals surface area contributed by atoms with Gasteiger partial charge in [0.25, 0.3) is 5.91 Å². The molecule has 0 spiro atoms. The second-order valence-electron chi connectivity index (χ2n) is 4.64. The molecular weight excluding hydrogens is 318 g/mol. The van der Waals surface area contributed by atoms with E-state index in [9.17, 15) is 14.4 Å². The number of esters is 1. The molecule has 0 aliphatic heterocycles. The van der Waals surface area contributed by atoms with Gasteiger partial charge in [0.15, 0.2) is 6.61 Å². The predicted molar refractivity (Wildman–Crippen MR) is 86.1 cm³/mol. The van der Waals surface area contributed by atoms with Crippen LogP contribution in [0, 0.1) is 0 Å². The largest absolute Gasteiger partial charge is 0.456 e. The van der Waals surface area contributed by atoms with Crippen LogP contribution in [0.25, 0.3) is 10.2 Å². The Morgan fingerprint density at radius 1 is 1.26 bits per heavy atom. The number of urea groups is 1. The van der Waals surface area contributed by atoms with Crippen LogP contribution in [-0.4, -0.2) is 36.0 Å². The first-order chi connectivity index (χ1) is 11.1. The van der Waals surface area contributed by atoms with Gasteiger partial charge >= 0.3 is 12.0 Å². The lowest BCUT2D eigenvalue weighted by Crippen LogP contribution is -2.41. The average Bonchev–Trinajstić information content (AvgIpc) is 2.94. The smallest absolute Gasteiger partial charge is 0.321 e. The Morgan fingerprint density at radius 3 is 2.78 bits per heavy atom. The van der Waals surface area contributed by atoms with Crippen molar-refractivity contribution in [1.82, 2.24) is 15.6 Å². The zero-order chi connectivity index (χ0) is 16.7. The fourth-order valence-corrected chi connectivity index (χ4v) is 2.79. The fraction of sp³-hybridized carbons (Fsp3) is 0.333. The van der Waals surface area contributed by atoms with Crippen molar-refractivity contribution in [2.45, 2.75) is 19.8 Å². The topological polar surface area (TPSA) is 97.4 Å². The molecule has 0 unspecified atom stereocenters. The number of nitrogens with one attached hydrogen (secondary N) is 2. The first-order valence-corrected chi connectivity index (χ1v) is 7.98. The highest BCUT2D eigenvalue weighted by atomic mass is 32.1. The number of para-hydroxylation sites is 1. The first-order valence-electron chi connectivity index (χ1n) is 7.16. The van der Waals surface area contributed by atoms with Crippen LogP contribution >= 0.6 is 11.3 Å². The summed E-state index contributed by atoms with van der Waals surface area (Å²) in [5.74, 6) is -1.17. The summed E-state index contributed by atoms with van der Waals surface area (Å²) in [7, 11) is 0. The molecule has 0 saturated carbocycles. The number of carbonyl (C=O) groups is 3. The Labute approximate surface area is 137 Å². The molecule has 23 heavy (non-hydrogen) atoms. The highest BCUT2D eigenvalue weighted by molar-refractivity contribution is 7.18. The number of amides is 3. The third kappa shape index (κ3) is 5.33. The van der Waals surface area contributed by atoms with Crippen LogP contribution in [0.3, 0.4) is 0 Å². The number of carbonyl (C=O) groups excluding carboxylic acids is 3. The quantitative estimate of drug-likeness (QED) is 0.782. The summed E-state index contributed by atoms with van der Waals surface area (Å²) in [6, 6.07) is 7.13. The van der Waals surface area contributed by atoms with Gasteiger partial charge in [0.05, 0.1) is 21.6 Å². The maximum absolute atomic E-state index is 11.6. The second-order valence-corrected chi connectivity index (χ2v) is 5.76. The molecule has 0 aliphatic rings. The van der Waals surface area contributed by atoms with Gasteiger partial charge in [0, 0.05) is 13.0 Å². The van der Waals surface area contributed by atoms with Crippen molar-refractivity contribution in [3.05, 3.63) is 29.3 Å². The fourth-order valence-electron chi connectivity index (χ4n) is 1.82. The molecule has 0 bridgehead atoms. The van der Waals surface area contributed by atoms with Gasteiger partial charge in [-0.2, -0.15) is 0 Å². The second kappa shape index (κ2) is 8.23. The minimum Gasteiger partial charge on any atom is -0.456 e. The van der Waals surface area contributed by atoms with Crippen molar-refractivity contribution in [2.24, 2.45) is 0 Å². The third-order valence-corrected chi connectivity index (χ3v) is 3.93. The van der Waals surface area contributed by atoms with E-state index in [1.54, 1.807) is 6.92 Å². The van der Waals surface area contributed by atoms with Crippen molar-refractivity contribution in [1.29, 1.82) is 0 Å². The van der Waals surface area contributed by atoms with Crippen LogP contribution in [0.2, 0.25) is 0 Å². The number of thiazole rings is 1. The monoisotopic (exact) mass is 335 g/mol. The zero-order valence-corrected chi connectivity index (χ0v) is 13.4. The predicted octanol–water partition coefficient (Wildman–Crippen LogP) is 1.62. The van der Waals surface area contributed by atoms with E-state index in [1.807, 2.05) is 24.3 Å². The minimum absolute atomic E-state index is 0.133. The molecule has 1 aromatic heterocycles. The molecule has 0 atom stereocenters. The lowest BCUT2D eigenvalue weighted by Gasteiger charge is -2.05. The summed E-state index contributed by atoms with van der Waals surface area (Å²) in [5, 5.41) is 5.30. The van der Waals surface area contributed by atoms with E-state index >= 15 is 0 Å². The lowest BCUT2D eigenvalue weighted by atomic mass is 10.3. The van der Waals surface area contributed by atoms with Crippen LogP contribution in [0.15, 0.2) is 24.3 Å². The number of aromatic nitrogens is 1. The number of nitrogens with zero attached hydrogens (tertiary/aromatic N) is 1. The van der Waals surface area contributed by atoms with Gasteiger partial charge in [-0.05, 0) is 19.1 Å². The Hall–Kier alpha value is -2.48. The molecule has 0 radical (unpaired) electrons. The van der Waals surface area contributed by atoms with E-state index in [-0.39, 0.29) is 6.42 Å². The number of rotatable bonds is 6. The van der Waals surface area contributed by atoms with Crippen molar-refractivity contribution in [2.75, 3.05) is 13.2 Å². The van der Waals surface area contributed by atoms with Gasteiger partial charge in [0.1, 0.15) is 0 Å². The number of imide groups is 1. The molecule has 2 aromatic rings. The normalized spacial score (nSPS) is 10.3. The number of ether oxygens (including phenoxy) is 1. The molecule has 122 valence electrons. The first kappa shape index (κ1) is 16.9. The van der Waals surface area contributed by atoms with Gasteiger partial charge < -0.3 is 10.1 Å². The van der Waals surface area contributed by atoms with Crippen LogP contribution in [-0.2, 0) is 20.7 Å². The highest BCUT2D eigenvalue weighted by Crippen LogP contribution is 2.22. The van der Waals surface area contributed by atoms with E-state index in [0.717, 1.165) is 15.2 Å². The molecule has 8 heteroatoms. The maximum Gasteiger partial charge on any atom is 0.321 e. The lowest BCUT2D eigenvalue weighted by molar-refractivity contribution is -0.148. The molecule has 0 fully saturated rings. The van der Waals surface area contributed by atoms with Crippen molar-refractivity contribution >= 4 is 39.5 Å². The van der Waals surface area contributed by atoms with Crippen LogP contribution in [0.4, 0.5) is 4.79 Å².